The SMILES string of the molecule is CCOc1cc(CN(CC(C)C)C2CCCC2)ccc1O. The van der Waals surface area contributed by atoms with Gasteiger partial charge in [-0.05, 0) is 43.4 Å². The molecule has 0 bridgehead atoms. The fourth-order valence-electron chi connectivity index (χ4n) is 3.24. The van der Waals surface area contributed by atoms with Crippen molar-refractivity contribution in [3.63, 3.8) is 0 Å². The van der Waals surface area contributed by atoms with Gasteiger partial charge in [-0.1, -0.05) is 32.8 Å². The third-order valence-electron chi connectivity index (χ3n) is 4.15. The highest BCUT2D eigenvalue weighted by Crippen LogP contribution is 2.30. The fourth-order valence-corrected chi connectivity index (χ4v) is 3.24. The number of phenolic OH excluding ortho intramolecular Hbond substituents is 1. The van der Waals surface area contributed by atoms with Crippen LogP contribution >= 0.6 is 0 Å². The molecule has 1 saturated carbocycles. The molecule has 21 heavy (non-hydrogen) atoms. The highest BCUT2D eigenvalue weighted by molar-refractivity contribution is 5.41. The van der Waals surface area contributed by atoms with Gasteiger partial charge in [-0.25, -0.2) is 0 Å². The average Bonchev–Trinajstić information content (AvgIpc) is 2.95. The standard InChI is InChI=1S/C18H29NO2/c1-4-21-18-11-15(9-10-17(18)20)13-19(12-14(2)3)16-7-5-6-8-16/h9-11,14,16,20H,4-8,12-13H2,1-3H3. The fraction of sp³-hybridized carbons (Fsp3) is 0.667. The maximum absolute atomic E-state index is 9.82. The molecule has 0 aliphatic heterocycles. The number of hydrogen-bond acceptors (Lipinski definition) is 3. The van der Waals surface area contributed by atoms with Crippen molar-refractivity contribution in [1.82, 2.24) is 4.90 Å². The van der Waals surface area contributed by atoms with Gasteiger partial charge >= 0.3 is 0 Å². The van der Waals surface area contributed by atoms with Gasteiger partial charge in [0, 0.05) is 19.1 Å². The predicted molar refractivity (Wildman–Crippen MR) is 86.8 cm³/mol. The Balaban J connectivity index is 2.09. The van der Waals surface area contributed by atoms with E-state index in [1.54, 1.807) is 6.07 Å². The molecule has 1 aliphatic carbocycles. The highest BCUT2D eigenvalue weighted by Gasteiger charge is 2.23. The molecule has 3 nitrogen and oxygen atoms in total. The average molecular weight is 291 g/mol. The van der Waals surface area contributed by atoms with E-state index in [-0.39, 0.29) is 5.75 Å². The number of aromatic hydroxyl groups is 1. The molecule has 118 valence electrons. The smallest absolute Gasteiger partial charge is 0.161 e. The minimum Gasteiger partial charge on any atom is -0.504 e. The second-order valence-corrected chi connectivity index (χ2v) is 6.50. The van der Waals surface area contributed by atoms with E-state index in [1.165, 1.54) is 31.2 Å². The zero-order chi connectivity index (χ0) is 15.2. The van der Waals surface area contributed by atoms with Crippen molar-refractivity contribution < 1.29 is 9.84 Å². The van der Waals surface area contributed by atoms with Crippen LogP contribution < -0.4 is 4.74 Å². The zero-order valence-electron chi connectivity index (χ0n) is 13.6. The van der Waals surface area contributed by atoms with E-state index in [2.05, 4.69) is 18.7 Å². The Labute approximate surface area is 128 Å². The monoisotopic (exact) mass is 291 g/mol. The molecule has 0 saturated heterocycles. The molecule has 0 amide bonds. The summed E-state index contributed by atoms with van der Waals surface area (Å²) in [5.41, 5.74) is 1.23. The number of phenols is 1. The Morgan fingerprint density at radius 1 is 1.29 bits per heavy atom. The summed E-state index contributed by atoms with van der Waals surface area (Å²) in [6, 6.07) is 6.47. The van der Waals surface area contributed by atoms with Crippen molar-refractivity contribution in [2.75, 3.05) is 13.2 Å². The van der Waals surface area contributed by atoms with E-state index in [1.807, 2.05) is 19.1 Å². The van der Waals surface area contributed by atoms with Gasteiger partial charge in [-0.2, -0.15) is 0 Å². The molecule has 0 atom stereocenters. The molecular formula is C18H29NO2. The lowest BCUT2D eigenvalue weighted by molar-refractivity contribution is 0.168. The van der Waals surface area contributed by atoms with E-state index in [0.717, 1.165) is 19.1 Å². The van der Waals surface area contributed by atoms with Crippen molar-refractivity contribution in [1.29, 1.82) is 0 Å². The van der Waals surface area contributed by atoms with Crippen molar-refractivity contribution in [3.8, 4) is 11.5 Å². The van der Waals surface area contributed by atoms with E-state index >= 15 is 0 Å². The Morgan fingerprint density at radius 2 is 2.00 bits per heavy atom. The van der Waals surface area contributed by atoms with Crippen LogP contribution in [-0.2, 0) is 6.54 Å². The number of benzene rings is 1. The van der Waals surface area contributed by atoms with Crippen LogP contribution in [0.2, 0.25) is 0 Å². The van der Waals surface area contributed by atoms with Crippen molar-refractivity contribution >= 4 is 0 Å². The van der Waals surface area contributed by atoms with Crippen LogP contribution in [0.1, 0.15) is 52.0 Å². The van der Waals surface area contributed by atoms with Gasteiger partial charge in [-0.3, -0.25) is 4.90 Å². The Morgan fingerprint density at radius 3 is 2.62 bits per heavy atom. The van der Waals surface area contributed by atoms with Crippen LogP contribution in [0.4, 0.5) is 0 Å². The van der Waals surface area contributed by atoms with Crippen LogP contribution in [0.15, 0.2) is 18.2 Å². The van der Waals surface area contributed by atoms with Gasteiger partial charge in [0.2, 0.25) is 0 Å². The van der Waals surface area contributed by atoms with Crippen LogP contribution in [0, 0.1) is 5.92 Å². The lowest BCUT2D eigenvalue weighted by Crippen LogP contribution is -2.35. The minimum atomic E-state index is 0.233. The molecule has 1 aromatic rings. The molecule has 1 aromatic carbocycles. The lowest BCUT2D eigenvalue weighted by atomic mass is 10.1. The summed E-state index contributed by atoms with van der Waals surface area (Å²) in [5.74, 6) is 1.51. The second kappa shape index (κ2) is 7.69. The highest BCUT2D eigenvalue weighted by atomic mass is 16.5. The first-order valence-corrected chi connectivity index (χ1v) is 8.29. The lowest BCUT2D eigenvalue weighted by Gasteiger charge is -2.30. The van der Waals surface area contributed by atoms with Crippen molar-refractivity contribution in [3.05, 3.63) is 23.8 Å². The first kappa shape index (κ1) is 16.2. The molecule has 0 aromatic heterocycles. The van der Waals surface area contributed by atoms with Gasteiger partial charge in [0.1, 0.15) is 0 Å². The second-order valence-electron chi connectivity index (χ2n) is 6.50. The summed E-state index contributed by atoms with van der Waals surface area (Å²) in [7, 11) is 0. The summed E-state index contributed by atoms with van der Waals surface area (Å²) in [4.78, 5) is 2.61. The maximum atomic E-state index is 9.82. The Kier molecular flexibility index (Phi) is 5.92. The largest absolute Gasteiger partial charge is 0.504 e. The van der Waals surface area contributed by atoms with Gasteiger partial charge in [0.25, 0.3) is 0 Å². The number of ether oxygens (including phenoxy) is 1. The third-order valence-corrected chi connectivity index (χ3v) is 4.15. The van der Waals surface area contributed by atoms with Crippen LogP contribution in [0.5, 0.6) is 11.5 Å². The predicted octanol–water partition coefficient (Wildman–Crippen LogP) is 4.19. The molecular weight excluding hydrogens is 262 g/mol. The molecule has 2 rings (SSSR count). The van der Waals surface area contributed by atoms with Gasteiger partial charge < -0.3 is 9.84 Å². The van der Waals surface area contributed by atoms with Gasteiger partial charge in [0.05, 0.1) is 6.61 Å². The quantitative estimate of drug-likeness (QED) is 0.817. The molecule has 1 fully saturated rings. The molecule has 0 spiro atoms. The van der Waals surface area contributed by atoms with Crippen molar-refractivity contribution in [2.45, 2.75) is 59.0 Å². The van der Waals surface area contributed by atoms with E-state index in [0.29, 0.717) is 18.3 Å². The van der Waals surface area contributed by atoms with E-state index in [9.17, 15) is 5.11 Å². The van der Waals surface area contributed by atoms with E-state index < -0.39 is 0 Å². The molecule has 0 heterocycles. The maximum Gasteiger partial charge on any atom is 0.161 e. The Hall–Kier alpha value is -1.22. The minimum absolute atomic E-state index is 0.233. The summed E-state index contributed by atoms with van der Waals surface area (Å²) >= 11 is 0. The normalized spacial score (nSPS) is 16.0. The molecule has 0 unspecified atom stereocenters. The van der Waals surface area contributed by atoms with Crippen LogP contribution in [-0.4, -0.2) is 29.2 Å². The summed E-state index contributed by atoms with van der Waals surface area (Å²) in [6.07, 6.45) is 5.37. The number of hydrogen-bond donors (Lipinski definition) is 1. The molecule has 1 N–H and O–H groups in total. The number of rotatable bonds is 7. The number of nitrogens with zero attached hydrogens (tertiary/aromatic N) is 1. The molecule has 0 radical (unpaired) electrons. The van der Waals surface area contributed by atoms with Gasteiger partial charge in [-0.15, -0.1) is 0 Å². The molecule has 1 aliphatic rings. The zero-order valence-corrected chi connectivity index (χ0v) is 13.6. The topological polar surface area (TPSA) is 32.7 Å². The first-order chi connectivity index (χ1) is 10.1. The van der Waals surface area contributed by atoms with Gasteiger partial charge in [0.15, 0.2) is 11.5 Å². The molecule has 3 heteroatoms. The van der Waals surface area contributed by atoms with Crippen molar-refractivity contribution in [2.24, 2.45) is 5.92 Å². The Bertz CT molecular complexity index is 439. The third kappa shape index (κ3) is 4.63. The summed E-state index contributed by atoms with van der Waals surface area (Å²) < 4.78 is 5.50. The van der Waals surface area contributed by atoms with Crippen LogP contribution in [0.25, 0.3) is 0 Å². The summed E-state index contributed by atoms with van der Waals surface area (Å²) in [6.45, 7) is 9.17. The van der Waals surface area contributed by atoms with E-state index in [4.69, 9.17) is 4.74 Å². The summed E-state index contributed by atoms with van der Waals surface area (Å²) in [5, 5.41) is 9.82. The van der Waals surface area contributed by atoms with Crippen LogP contribution in [0.3, 0.4) is 0 Å². The first-order valence-electron chi connectivity index (χ1n) is 8.29.